The van der Waals surface area contributed by atoms with Crippen LogP contribution in [0.1, 0.15) is 66.7 Å². The number of nitrogens with zero attached hydrogens (tertiary/aromatic N) is 1. The number of hydrogen-bond donors (Lipinski definition) is 1. The second kappa shape index (κ2) is 7.08. The highest BCUT2D eigenvalue weighted by atomic mass is 15.1. The standard InChI is InChI=1S/C17H36N2/c1-7-18-13-17(11-9-8-10-12-17)14-19(6)15(2)16(3,4)5/h15,18H,7-14H2,1-6H3. The summed E-state index contributed by atoms with van der Waals surface area (Å²) >= 11 is 0. The Hall–Kier alpha value is -0.0800. The molecule has 114 valence electrons. The van der Waals surface area contributed by atoms with E-state index in [0.29, 0.717) is 16.9 Å². The first kappa shape index (κ1) is 17.0. The molecule has 1 saturated carbocycles. The van der Waals surface area contributed by atoms with E-state index in [1.54, 1.807) is 0 Å². The lowest BCUT2D eigenvalue weighted by molar-refractivity contribution is 0.0604. The Morgan fingerprint density at radius 2 is 1.74 bits per heavy atom. The third kappa shape index (κ3) is 5.07. The van der Waals surface area contributed by atoms with Crippen molar-refractivity contribution >= 4 is 0 Å². The highest BCUT2D eigenvalue weighted by Gasteiger charge is 2.35. The summed E-state index contributed by atoms with van der Waals surface area (Å²) in [6, 6.07) is 0.632. The summed E-state index contributed by atoms with van der Waals surface area (Å²) < 4.78 is 0. The highest BCUT2D eigenvalue weighted by Crippen LogP contribution is 2.37. The molecule has 0 heterocycles. The largest absolute Gasteiger partial charge is 0.316 e. The molecule has 0 spiro atoms. The van der Waals surface area contributed by atoms with Crippen molar-refractivity contribution in [3.05, 3.63) is 0 Å². The minimum atomic E-state index is 0.364. The van der Waals surface area contributed by atoms with Crippen molar-refractivity contribution in [3.8, 4) is 0 Å². The molecule has 0 aliphatic heterocycles. The molecule has 0 aromatic carbocycles. The van der Waals surface area contributed by atoms with Gasteiger partial charge in [0.15, 0.2) is 0 Å². The van der Waals surface area contributed by atoms with Gasteiger partial charge in [-0.1, -0.05) is 47.0 Å². The third-order valence-corrected chi connectivity index (χ3v) is 5.16. The zero-order valence-electron chi connectivity index (χ0n) is 14.2. The fraction of sp³-hybridized carbons (Fsp3) is 1.00. The quantitative estimate of drug-likeness (QED) is 0.785. The van der Waals surface area contributed by atoms with Crippen LogP contribution in [0.5, 0.6) is 0 Å². The molecule has 1 N–H and O–H groups in total. The molecule has 0 amide bonds. The summed E-state index contributed by atoms with van der Waals surface area (Å²) in [5.74, 6) is 0. The molecule has 0 radical (unpaired) electrons. The third-order valence-electron chi connectivity index (χ3n) is 5.16. The lowest BCUT2D eigenvalue weighted by atomic mass is 9.73. The van der Waals surface area contributed by atoms with Crippen LogP contribution in [0.4, 0.5) is 0 Å². The minimum absolute atomic E-state index is 0.364. The topological polar surface area (TPSA) is 15.3 Å². The predicted molar refractivity (Wildman–Crippen MR) is 85.6 cm³/mol. The molecule has 19 heavy (non-hydrogen) atoms. The van der Waals surface area contributed by atoms with Gasteiger partial charge in [-0.15, -0.1) is 0 Å². The molecular weight excluding hydrogens is 232 g/mol. The summed E-state index contributed by atoms with van der Waals surface area (Å²) in [4.78, 5) is 2.60. The van der Waals surface area contributed by atoms with Crippen LogP contribution in [-0.4, -0.2) is 37.6 Å². The van der Waals surface area contributed by atoms with Gasteiger partial charge < -0.3 is 10.2 Å². The molecule has 0 aromatic rings. The maximum absolute atomic E-state index is 3.62. The van der Waals surface area contributed by atoms with Crippen molar-refractivity contribution in [2.75, 3.05) is 26.7 Å². The van der Waals surface area contributed by atoms with E-state index in [4.69, 9.17) is 0 Å². The average molecular weight is 268 g/mol. The van der Waals surface area contributed by atoms with Crippen molar-refractivity contribution in [2.45, 2.75) is 72.8 Å². The predicted octanol–water partition coefficient (Wildman–Crippen LogP) is 3.91. The Morgan fingerprint density at radius 1 is 1.16 bits per heavy atom. The number of hydrogen-bond acceptors (Lipinski definition) is 2. The van der Waals surface area contributed by atoms with Gasteiger partial charge in [0.05, 0.1) is 0 Å². The first-order valence-electron chi connectivity index (χ1n) is 8.22. The van der Waals surface area contributed by atoms with E-state index in [-0.39, 0.29) is 0 Å². The molecule has 2 heteroatoms. The van der Waals surface area contributed by atoms with E-state index >= 15 is 0 Å². The number of nitrogens with one attached hydrogen (secondary N) is 1. The smallest absolute Gasteiger partial charge is 0.0113 e. The van der Waals surface area contributed by atoms with Crippen molar-refractivity contribution in [1.29, 1.82) is 0 Å². The molecule has 2 nitrogen and oxygen atoms in total. The molecule has 1 fully saturated rings. The molecule has 1 aliphatic rings. The SMILES string of the molecule is CCNCC1(CN(C)C(C)C(C)(C)C)CCCCC1. The number of rotatable bonds is 6. The molecular formula is C17H36N2. The molecule has 1 rings (SSSR count). The van der Waals surface area contributed by atoms with Crippen molar-refractivity contribution in [1.82, 2.24) is 10.2 Å². The normalized spacial score (nSPS) is 21.6. The minimum Gasteiger partial charge on any atom is -0.316 e. The molecule has 1 unspecified atom stereocenters. The Kier molecular flexibility index (Phi) is 6.32. The summed E-state index contributed by atoms with van der Waals surface area (Å²) in [6.45, 7) is 15.2. The van der Waals surface area contributed by atoms with Crippen molar-refractivity contribution < 1.29 is 0 Å². The van der Waals surface area contributed by atoms with E-state index in [1.165, 1.54) is 45.2 Å². The van der Waals surface area contributed by atoms with Crippen LogP contribution in [0.15, 0.2) is 0 Å². The second-order valence-corrected chi connectivity index (χ2v) is 7.80. The van der Waals surface area contributed by atoms with Crippen LogP contribution in [-0.2, 0) is 0 Å². The fourth-order valence-electron chi connectivity index (χ4n) is 3.41. The van der Waals surface area contributed by atoms with E-state index < -0.39 is 0 Å². The Morgan fingerprint density at radius 3 is 2.21 bits per heavy atom. The summed E-state index contributed by atoms with van der Waals surface area (Å²) in [6.07, 6.45) is 7.08. The fourth-order valence-corrected chi connectivity index (χ4v) is 3.41. The molecule has 1 atom stereocenters. The molecule has 0 bridgehead atoms. The van der Waals surface area contributed by atoms with Gasteiger partial charge in [0.25, 0.3) is 0 Å². The van der Waals surface area contributed by atoms with E-state index in [0.717, 1.165) is 6.54 Å². The monoisotopic (exact) mass is 268 g/mol. The first-order chi connectivity index (χ1) is 8.81. The van der Waals surface area contributed by atoms with Gasteiger partial charge in [-0.3, -0.25) is 0 Å². The van der Waals surface area contributed by atoms with Gasteiger partial charge in [0.1, 0.15) is 0 Å². The summed E-state index contributed by atoms with van der Waals surface area (Å²) in [7, 11) is 2.32. The highest BCUT2D eigenvalue weighted by molar-refractivity contribution is 4.89. The van der Waals surface area contributed by atoms with E-state index in [2.05, 4.69) is 51.9 Å². The zero-order chi connectivity index (χ0) is 14.5. The Labute approximate surface area is 121 Å². The average Bonchev–Trinajstić information content (AvgIpc) is 2.35. The van der Waals surface area contributed by atoms with E-state index in [1.807, 2.05) is 0 Å². The lowest BCUT2D eigenvalue weighted by Gasteiger charge is -2.44. The van der Waals surface area contributed by atoms with Gasteiger partial charge in [-0.25, -0.2) is 0 Å². The van der Waals surface area contributed by atoms with Gasteiger partial charge in [-0.2, -0.15) is 0 Å². The molecule has 1 aliphatic carbocycles. The van der Waals surface area contributed by atoms with Crippen molar-refractivity contribution in [3.63, 3.8) is 0 Å². The first-order valence-corrected chi connectivity index (χ1v) is 8.22. The van der Waals surface area contributed by atoms with Gasteiger partial charge in [0, 0.05) is 19.1 Å². The van der Waals surface area contributed by atoms with Crippen molar-refractivity contribution in [2.24, 2.45) is 10.8 Å². The van der Waals surface area contributed by atoms with Crippen LogP contribution < -0.4 is 5.32 Å². The summed E-state index contributed by atoms with van der Waals surface area (Å²) in [5, 5.41) is 3.62. The molecule has 0 aromatic heterocycles. The maximum atomic E-state index is 3.62. The van der Waals surface area contributed by atoms with Gasteiger partial charge in [0.2, 0.25) is 0 Å². The van der Waals surface area contributed by atoms with Crippen LogP contribution >= 0.6 is 0 Å². The lowest BCUT2D eigenvalue weighted by Crippen LogP contribution is -2.49. The Balaban J connectivity index is 2.66. The summed E-state index contributed by atoms with van der Waals surface area (Å²) in [5.41, 5.74) is 0.880. The van der Waals surface area contributed by atoms with Crippen LogP contribution in [0.25, 0.3) is 0 Å². The molecule has 0 saturated heterocycles. The Bertz CT molecular complexity index is 248. The second-order valence-electron chi connectivity index (χ2n) is 7.80. The van der Waals surface area contributed by atoms with Gasteiger partial charge in [-0.05, 0) is 44.2 Å². The van der Waals surface area contributed by atoms with Crippen LogP contribution in [0.2, 0.25) is 0 Å². The maximum Gasteiger partial charge on any atom is 0.0113 e. The van der Waals surface area contributed by atoms with Crippen LogP contribution in [0, 0.1) is 10.8 Å². The van der Waals surface area contributed by atoms with Crippen LogP contribution in [0.3, 0.4) is 0 Å². The zero-order valence-corrected chi connectivity index (χ0v) is 14.2. The van der Waals surface area contributed by atoms with E-state index in [9.17, 15) is 0 Å². The van der Waals surface area contributed by atoms with Gasteiger partial charge >= 0.3 is 0 Å².